The first kappa shape index (κ1) is 24.4. The summed E-state index contributed by atoms with van der Waals surface area (Å²) in [5.41, 5.74) is 0. The zero-order valence-corrected chi connectivity index (χ0v) is 17.2. The van der Waals surface area contributed by atoms with Crippen LogP contribution in [0, 0.1) is 0 Å². The molecule has 0 aromatic heterocycles. The van der Waals surface area contributed by atoms with Crippen LogP contribution >= 0.6 is 0 Å². The summed E-state index contributed by atoms with van der Waals surface area (Å²) in [5, 5.41) is 28.7. The molecule has 1 fully saturated rings. The molecule has 1 heterocycles. The molecule has 1 saturated heterocycles. The molecule has 1 aliphatic heterocycles. The van der Waals surface area contributed by atoms with E-state index in [2.05, 4.69) is 6.92 Å². The molecule has 0 aromatic carbocycles. The van der Waals surface area contributed by atoms with Crippen LogP contribution in [0.1, 0.15) is 90.4 Å². The van der Waals surface area contributed by atoms with Crippen molar-refractivity contribution in [3.8, 4) is 0 Å². The number of unbranched alkanes of at least 4 members (excludes halogenated alkanes) is 12. The van der Waals surface area contributed by atoms with E-state index in [4.69, 9.17) is 9.47 Å². The quantitative estimate of drug-likeness (QED) is 0.259. The van der Waals surface area contributed by atoms with Crippen LogP contribution in [0.5, 0.6) is 0 Å². The van der Waals surface area contributed by atoms with Gasteiger partial charge in [-0.25, -0.2) is 0 Å². The molecule has 0 aromatic rings. The van der Waals surface area contributed by atoms with Gasteiger partial charge in [-0.15, -0.1) is 0 Å². The minimum Gasteiger partial charge on any atom is -0.493 e. The number of allylic oxidation sites excluding steroid dienone is 1. The van der Waals surface area contributed by atoms with Crippen LogP contribution in [-0.2, 0) is 9.47 Å². The van der Waals surface area contributed by atoms with Gasteiger partial charge in [0.1, 0.15) is 24.4 Å². The number of aliphatic hydroxyl groups is 3. The van der Waals surface area contributed by atoms with Crippen LogP contribution < -0.4 is 0 Å². The van der Waals surface area contributed by atoms with Gasteiger partial charge in [0.05, 0.1) is 19.5 Å². The molecule has 27 heavy (non-hydrogen) atoms. The largest absolute Gasteiger partial charge is 0.493 e. The molecule has 0 unspecified atom stereocenters. The second-order valence-corrected chi connectivity index (χ2v) is 7.76. The fraction of sp³-hybridized carbons (Fsp3) is 0.909. The van der Waals surface area contributed by atoms with Crippen molar-refractivity contribution in [1.29, 1.82) is 0 Å². The molecule has 0 saturated carbocycles. The second-order valence-electron chi connectivity index (χ2n) is 7.76. The van der Waals surface area contributed by atoms with Crippen LogP contribution in [0.25, 0.3) is 0 Å². The third-order valence-electron chi connectivity index (χ3n) is 5.31. The summed E-state index contributed by atoms with van der Waals surface area (Å²) in [6.45, 7) is 2.09. The highest BCUT2D eigenvalue weighted by atomic mass is 16.6. The van der Waals surface area contributed by atoms with Crippen molar-refractivity contribution < 1.29 is 24.8 Å². The first-order chi connectivity index (χ1) is 13.2. The van der Waals surface area contributed by atoms with Gasteiger partial charge in [-0.05, 0) is 18.9 Å². The Kier molecular flexibility index (Phi) is 14.8. The minimum absolute atomic E-state index is 0.0776. The first-order valence-corrected chi connectivity index (χ1v) is 11.1. The number of ether oxygens (including phenoxy) is 2. The fourth-order valence-corrected chi connectivity index (χ4v) is 3.51. The van der Waals surface area contributed by atoms with Crippen molar-refractivity contribution in [2.24, 2.45) is 0 Å². The summed E-state index contributed by atoms with van der Waals surface area (Å²) in [7, 11) is 0. The van der Waals surface area contributed by atoms with Crippen LogP contribution in [0.4, 0.5) is 0 Å². The minimum atomic E-state index is -1.01. The molecular weight excluding hydrogens is 344 g/mol. The highest BCUT2D eigenvalue weighted by molar-refractivity contribution is 4.90. The fourth-order valence-electron chi connectivity index (χ4n) is 3.51. The summed E-state index contributed by atoms with van der Waals surface area (Å²) >= 11 is 0. The number of hydrogen-bond acceptors (Lipinski definition) is 5. The predicted octanol–water partition coefficient (Wildman–Crippen LogP) is 4.09. The van der Waals surface area contributed by atoms with E-state index in [1.54, 1.807) is 6.26 Å². The number of rotatable bonds is 17. The lowest BCUT2D eigenvalue weighted by molar-refractivity contribution is -0.0737. The maximum absolute atomic E-state index is 9.79. The first-order valence-electron chi connectivity index (χ1n) is 11.1. The Morgan fingerprint density at radius 1 is 0.926 bits per heavy atom. The van der Waals surface area contributed by atoms with Crippen LogP contribution in [0.3, 0.4) is 0 Å². The molecule has 5 nitrogen and oxygen atoms in total. The standard InChI is InChI=1S/C22H42O5/c1-2-3-4-5-6-7-8-9-10-11-12-13-14-15-16-26-20(17-23)22-21(25)19(24)18-27-22/h15-16,19-25H,2-14,17-18H2,1H3/b16-15+/t19-,20+,21-,22-/m1/s1. The molecule has 1 aliphatic rings. The van der Waals surface area contributed by atoms with Crippen molar-refractivity contribution in [2.45, 2.75) is 115 Å². The van der Waals surface area contributed by atoms with E-state index in [1.807, 2.05) is 6.08 Å². The molecule has 0 spiro atoms. The Hall–Kier alpha value is -0.620. The van der Waals surface area contributed by atoms with Crippen LogP contribution in [0.15, 0.2) is 12.3 Å². The molecule has 160 valence electrons. The zero-order chi connectivity index (χ0) is 19.7. The maximum atomic E-state index is 9.79. The van der Waals surface area contributed by atoms with E-state index < -0.39 is 24.4 Å². The van der Waals surface area contributed by atoms with Crippen molar-refractivity contribution in [1.82, 2.24) is 0 Å². The average Bonchev–Trinajstić information content (AvgIpc) is 3.00. The molecule has 0 bridgehead atoms. The van der Waals surface area contributed by atoms with Crippen molar-refractivity contribution >= 4 is 0 Å². The van der Waals surface area contributed by atoms with Crippen LogP contribution in [-0.4, -0.2) is 52.9 Å². The third kappa shape index (κ3) is 11.1. The lowest BCUT2D eigenvalue weighted by Gasteiger charge is -2.23. The Morgan fingerprint density at radius 3 is 1.96 bits per heavy atom. The summed E-state index contributed by atoms with van der Waals surface area (Å²) in [6.07, 6.45) is 17.3. The number of aliphatic hydroxyl groups excluding tert-OH is 3. The Morgan fingerprint density at radius 2 is 1.48 bits per heavy atom. The van der Waals surface area contributed by atoms with Gasteiger partial charge in [-0.3, -0.25) is 0 Å². The molecule has 0 aliphatic carbocycles. The van der Waals surface area contributed by atoms with Gasteiger partial charge in [-0.1, -0.05) is 77.6 Å². The Labute approximate surface area is 165 Å². The van der Waals surface area contributed by atoms with Crippen LogP contribution in [0.2, 0.25) is 0 Å². The van der Waals surface area contributed by atoms with Gasteiger partial charge >= 0.3 is 0 Å². The van der Waals surface area contributed by atoms with Crippen molar-refractivity contribution in [2.75, 3.05) is 13.2 Å². The molecule has 1 rings (SSSR count). The van der Waals surface area contributed by atoms with Crippen molar-refractivity contribution in [3.63, 3.8) is 0 Å². The van der Waals surface area contributed by atoms with E-state index in [-0.39, 0.29) is 13.2 Å². The van der Waals surface area contributed by atoms with E-state index >= 15 is 0 Å². The predicted molar refractivity (Wildman–Crippen MR) is 109 cm³/mol. The van der Waals surface area contributed by atoms with Gasteiger partial charge in [0, 0.05) is 0 Å². The maximum Gasteiger partial charge on any atom is 0.149 e. The molecule has 3 N–H and O–H groups in total. The SMILES string of the molecule is CCCCCCCCCCCCCC/C=C/O[C@@H](CO)[C@H]1OC[C@@H](O)[C@H]1O. The van der Waals surface area contributed by atoms with Gasteiger partial charge in [-0.2, -0.15) is 0 Å². The molecule has 0 amide bonds. The lowest BCUT2D eigenvalue weighted by atomic mass is 10.0. The molecule has 4 atom stereocenters. The molecule has 5 heteroatoms. The lowest BCUT2D eigenvalue weighted by Crippen LogP contribution is -2.41. The Bertz CT molecular complexity index is 361. The smallest absolute Gasteiger partial charge is 0.149 e. The Balaban J connectivity index is 1.91. The highest BCUT2D eigenvalue weighted by Crippen LogP contribution is 2.20. The van der Waals surface area contributed by atoms with Crippen molar-refractivity contribution in [3.05, 3.63) is 12.3 Å². The van der Waals surface area contributed by atoms with Gasteiger partial charge in [0.2, 0.25) is 0 Å². The average molecular weight is 387 g/mol. The summed E-state index contributed by atoms with van der Waals surface area (Å²) < 4.78 is 10.8. The summed E-state index contributed by atoms with van der Waals surface area (Å²) in [5.74, 6) is 0. The van der Waals surface area contributed by atoms with Gasteiger partial charge < -0.3 is 24.8 Å². The summed E-state index contributed by atoms with van der Waals surface area (Å²) in [6, 6.07) is 0. The highest BCUT2D eigenvalue weighted by Gasteiger charge is 2.40. The number of hydrogen-bond donors (Lipinski definition) is 3. The topological polar surface area (TPSA) is 79.2 Å². The third-order valence-corrected chi connectivity index (χ3v) is 5.31. The zero-order valence-electron chi connectivity index (χ0n) is 17.2. The van der Waals surface area contributed by atoms with E-state index in [0.29, 0.717) is 0 Å². The van der Waals surface area contributed by atoms with E-state index in [0.717, 1.165) is 12.8 Å². The normalized spacial score (nSPS) is 23.9. The van der Waals surface area contributed by atoms with Gasteiger partial charge in [0.25, 0.3) is 0 Å². The summed E-state index contributed by atoms with van der Waals surface area (Å²) in [4.78, 5) is 0. The molecular formula is C22H42O5. The van der Waals surface area contributed by atoms with E-state index in [9.17, 15) is 15.3 Å². The van der Waals surface area contributed by atoms with E-state index in [1.165, 1.54) is 70.6 Å². The monoisotopic (exact) mass is 386 g/mol. The molecule has 0 radical (unpaired) electrons. The van der Waals surface area contributed by atoms with Gasteiger partial charge in [0.15, 0.2) is 0 Å². The second kappa shape index (κ2) is 16.3.